The lowest BCUT2D eigenvalue weighted by Crippen LogP contribution is -2.42. The van der Waals surface area contributed by atoms with Crippen molar-refractivity contribution in [2.45, 2.75) is 25.2 Å². The Morgan fingerprint density at radius 1 is 1.00 bits per heavy atom. The highest BCUT2D eigenvalue weighted by molar-refractivity contribution is 7.89. The van der Waals surface area contributed by atoms with Crippen LogP contribution in [-0.2, 0) is 24.1 Å². The SMILES string of the molecule is CC1CC(C)CN(S(=O)(=O)c2ccc3c(c2)c(=O)n(C)c(=O)n3C)C1. The summed E-state index contributed by atoms with van der Waals surface area (Å²) in [6.07, 6.45) is 1.01. The van der Waals surface area contributed by atoms with E-state index < -0.39 is 21.3 Å². The number of nitrogens with zero attached hydrogens (tertiary/aromatic N) is 3. The average Bonchev–Trinajstić information content (AvgIpc) is 2.56. The minimum Gasteiger partial charge on any atom is -0.296 e. The van der Waals surface area contributed by atoms with Crippen LogP contribution in [0, 0.1) is 11.8 Å². The van der Waals surface area contributed by atoms with E-state index >= 15 is 0 Å². The smallest absolute Gasteiger partial charge is 0.296 e. The van der Waals surface area contributed by atoms with Gasteiger partial charge in [-0.3, -0.25) is 13.9 Å². The van der Waals surface area contributed by atoms with Crippen molar-refractivity contribution in [1.82, 2.24) is 13.4 Å². The van der Waals surface area contributed by atoms with Crippen LogP contribution in [0.3, 0.4) is 0 Å². The first kappa shape index (κ1) is 17.9. The summed E-state index contributed by atoms with van der Waals surface area (Å²) in [5, 5.41) is 0.226. The van der Waals surface area contributed by atoms with Crippen LogP contribution < -0.4 is 11.2 Å². The minimum absolute atomic E-state index is 0.0945. The predicted octanol–water partition coefficient (Wildman–Crippen LogP) is 0.904. The lowest BCUT2D eigenvalue weighted by atomic mass is 9.94. The maximum absolute atomic E-state index is 13.0. The summed E-state index contributed by atoms with van der Waals surface area (Å²) in [5.74, 6) is 0.598. The Morgan fingerprint density at radius 2 is 1.60 bits per heavy atom. The van der Waals surface area contributed by atoms with Crippen LogP contribution in [0.15, 0.2) is 32.7 Å². The molecule has 2 heterocycles. The van der Waals surface area contributed by atoms with Crippen molar-refractivity contribution in [2.75, 3.05) is 13.1 Å². The Hall–Kier alpha value is -1.93. The van der Waals surface area contributed by atoms with E-state index in [1.165, 1.54) is 34.1 Å². The van der Waals surface area contributed by atoms with E-state index in [-0.39, 0.29) is 10.3 Å². The highest BCUT2D eigenvalue weighted by Gasteiger charge is 2.32. The Balaban J connectivity index is 2.16. The van der Waals surface area contributed by atoms with Gasteiger partial charge in [0.2, 0.25) is 10.0 Å². The van der Waals surface area contributed by atoms with E-state index in [1.807, 2.05) is 13.8 Å². The van der Waals surface area contributed by atoms with E-state index in [4.69, 9.17) is 0 Å². The van der Waals surface area contributed by atoms with Crippen LogP contribution in [0.4, 0.5) is 0 Å². The third-order valence-electron chi connectivity index (χ3n) is 4.91. The molecule has 2 aromatic rings. The van der Waals surface area contributed by atoms with Gasteiger partial charge in [-0.05, 0) is 36.5 Å². The zero-order valence-electron chi connectivity index (χ0n) is 14.9. The second-order valence-electron chi connectivity index (χ2n) is 7.15. The second-order valence-corrected chi connectivity index (χ2v) is 9.09. The number of hydrogen-bond donors (Lipinski definition) is 0. The van der Waals surface area contributed by atoms with Crippen LogP contribution >= 0.6 is 0 Å². The Kier molecular flexibility index (Phi) is 4.36. The summed E-state index contributed by atoms with van der Waals surface area (Å²) >= 11 is 0. The molecular weight excluding hydrogens is 342 g/mol. The molecule has 1 fully saturated rings. The van der Waals surface area contributed by atoms with E-state index in [0.29, 0.717) is 30.4 Å². The Labute approximate surface area is 146 Å². The molecule has 1 aliphatic heterocycles. The molecule has 1 aliphatic rings. The fourth-order valence-corrected chi connectivity index (χ4v) is 5.39. The van der Waals surface area contributed by atoms with Crippen LogP contribution in [0.5, 0.6) is 0 Å². The first-order valence-electron chi connectivity index (χ1n) is 8.33. The lowest BCUT2D eigenvalue weighted by molar-refractivity contribution is 0.222. The molecule has 136 valence electrons. The topological polar surface area (TPSA) is 81.4 Å². The summed E-state index contributed by atoms with van der Waals surface area (Å²) in [6.45, 7) is 5.06. The van der Waals surface area contributed by atoms with E-state index in [2.05, 4.69) is 0 Å². The first-order chi connectivity index (χ1) is 11.6. The van der Waals surface area contributed by atoms with Gasteiger partial charge in [0.05, 0.1) is 15.8 Å². The van der Waals surface area contributed by atoms with Gasteiger partial charge in [-0.15, -0.1) is 0 Å². The molecule has 1 saturated heterocycles. The Bertz CT molecular complexity index is 1040. The van der Waals surface area contributed by atoms with Crippen molar-refractivity contribution in [3.63, 3.8) is 0 Å². The van der Waals surface area contributed by atoms with Gasteiger partial charge in [-0.25, -0.2) is 13.2 Å². The monoisotopic (exact) mass is 365 g/mol. The van der Waals surface area contributed by atoms with Crippen molar-refractivity contribution in [1.29, 1.82) is 0 Å². The average molecular weight is 365 g/mol. The standard InChI is InChI=1S/C17H23N3O4S/c1-11-7-12(2)10-20(9-11)25(23,24)13-5-6-15-14(8-13)16(21)19(4)17(22)18(15)3/h5-6,8,11-12H,7,9-10H2,1-4H3. The van der Waals surface area contributed by atoms with Crippen molar-refractivity contribution < 1.29 is 8.42 Å². The van der Waals surface area contributed by atoms with E-state index in [0.717, 1.165) is 11.0 Å². The van der Waals surface area contributed by atoms with Gasteiger partial charge in [-0.2, -0.15) is 4.31 Å². The van der Waals surface area contributed by atoms with Gasteiger partial charge in [0.25, 0.3) is 5.56 Å². The maximum Gasteiger partial charge on any atom is 0.330 e. The van der Waals surface area contributed by atoms with Gasteiger partial charge in [0.15, 0.2) is 0 Å². The van der Waals surface area contributed by atoms with Crippen molar-refractivity contribution in [3.05, 3.63) is 39.0 Å². The van der Waals surface area contributed by atoms with Gasteiger partial charge in [0.1, 0.15) is 0 Å². The molecule has 3 rings (SSSR count). The largest absolute Gasteiger partial charge is 0.330 e. The zero-order valence-corrected chi connectivity index (χ0v) is 15.7. The molecular formula is C17H23N3O4S. The second kappa shape index (κ2) is 6.10. The molecule has 1 aromatic carbocycles. The van der Waals surface area contributed by atoms with Gasteiger partial charge < -0.3 is 0 Å². The molecule has 1 aromatic heterocycles. The van der Waals surface area contributed by atoms with Crippen LogP contribution in [0.1, 0.15) is 20.3 Å². The van der Waals surface area contributed by atoms with Crippen molar-refractivity contribution >= 4 is 20.9 Å². The number of benzene rings is 1. The molecule has 0 saturated carbocycles. The molecule has 0 amide bonds. The maximum atomic E-state index is 13.0. The molecule has 2 unspecified atom stereocenters. The quantitative estimate of drug-likeness (QED) is 0.792. The number of sulfonamides is 1. The van der Waals surface area contributed by atoms with Crippen LogP contribution in [0.2, 0.25) is 0 Å². The highest BCUT2D eigenvalue weighted by Crippen LogP contribution is 2.27. The molecule has 0 bridgehead atoms. The van der Waals surface area contributed by atoms with Gasteiger partial charge in [0, 0.05) is 27.2 Å². The lowest BCUT2D eigenvalue weighted by Gasteiger charge is -2.34. The molecule has 7 nitrogen and oxygen atoms in total. The zero-order chi connectivity index (χ0) is 18.5. The number of hydrogen-bond acceptors (Lipinski definition) is 4. The number of rotatable bonds is 2. The van der Waals surface area contributed by atoms with Gasteiger partial charge >= 0.3 is 5.69 Å². The minimum atomic E-state index is -3.67. The predicted molar refractivity (Wildman–Crippen MR) is 96.1 cm³/mol. The highest BCUT2D eigenvalue weighted by atomic mass is 32.2. The third-order valence-corrected chi connectivity index (χ3v) is 6.74. The molecule has 0 spiro atoms. The number of fused-ring (bicyclic) bond motifs is 1. The number of aromatic nitrogens is 2. The third kappa shape index (κ3) is 2.93. The van der Waals surface area contributed by atoms with Gasteiger partial charge in [-0.1, -0.05) is 13.8 Å². The fourth-order valence-electron chi connectivity index (χ4n) is 3.69. The Morgan fingerprint density at radius 3 is 2.20 bits per heavy atom. The van der Waals surface area contributed by atoms with E-state index in [1.54, 1.807) is 7.05 Å². The van der Waals surface area contributed by atoms with Crippen LogP contribution in [-0.4, -0.2) is 34.9 Å². The van der Waals surface area contributed by atoms with E-state index in [9.17, 15) is 18.0 Å². The molecule has 8 heteroatoms. The molecule has 0 radical (unpaired) electrons. The molecule has 25 heavy (non-hydrogen) atoms. The van der Waals surface area contributed by atoms with Crippen molar-refractivity contribution in [2.24, 2.45) is 25.9 Å². The first-order valence-corrected chi connectivity index (χ1v) is 9.77. The summed E-state index contributed by atoms with van der Waals surface area (Å²) in [6, 6.07) is 4.39. The molecule has 0 aliphatic carbocycles. The number of piperidine rings is 1. The molecule has 0 N–H and O–H groups in total. The fraction of sp³-hybridized carbons (Fsp3) is 0.529. The normalized spacial score (nSPS) is 22.4. The summed E-state index contributed by atoms with van der Waals surface area (Å²) in [7, 11) is -0.724. The summed E-state index contributed by atoms with van der Waals surface area (Å²) < 4.78 is 29.9. The number of aryl methyl sites for hydroxylation is 1. The summed E-state index contributed by atoms with van der Waals surface area (Å²) in [4.78, 5) is 24.5. The van der Waals surface area contributed by atoms with Crippen molar-refractivity contribution in [3.8, 4) is 0 Å². The molecule has 2 atom stereocenters. The van der Waals surface area contributed by atoms with Crippen LogP contribution in [0.25, 0.3) is 10.9 Å². The summed E-state index contributed by atoms with van der Waals surface area (Å²) in [5.41, 5.74) is -0.505.